The number of ether oxygens (including phenoxy) is 1. The monoisotopic (exact) mass is 520 g/mol. The van der Waals surface area contributed by atoms with Crippen LogP contribution in [0.5, 0.6) is 0 Å². The number of nitrogens with zero attached hydrogens (tertiary/aromatic N) is 2. The van der Waals surface area contributed by atoms with Crippen LogP contribution in [-0.4, -0.2) is 39.3 Å². The zero-order valence-corrected chi connectivity index (χ0v) is 19.8. The maximum atomic E-state index is 5.99. The average Bonchev–Trinajstić information content (AvgIpc) is 3.10. The van der Waals surface area contributed by atoms with Crippen molar-refractivity contribution in [1.29, 1.82) is 0 Å². The summed E-state index contributed by atoms with van der Waals surface area (Å²) < 4.78 is 11.5. The van der Waals surface area contributed by atoms with Gasteiger partial charge in [0.15, 0.2) is 5.96 Å². The summed E-state index contributed by atoms with van der Waals surface area (Å²) in [5, 5.41) is 7.96. The van der Waals surface area contributed by atoms with E-state index in [0.29, 0.717) is 13.1 Å². The lowest BCUT2D eigenvalue weighted by Gasteiger charge is -2.30. The second kappa shape index (κ2) is 10.7. The van der Waals surface area contributed by atoms with E-state index >= 15 is 0 Å². The Morgan fingerprint density at radius 1 is 1.00 bits per heavy atom. The van der Waals surface area contributed by atoms with Gasteiger partial charge in [0, 0.05) is 43.3 Å². The lowest BCUT2D eigenvalue weighted by atomic mass is 10.1. The van der Waals surface area contributed by atoms with Crippen molar-refractivity contribution >= 4 is 46.6 Å². The molecule has 1 aliphatic rings. The first kappa shape index (κ1) is 22.4. The van der Waals surface area contributed by atoms with E-state index in [1.165, 1.54) is 16.8 Å². The molecule has 0 bridgehead atoms. The first-order chi connectivity index (χ1) is 14.3. The molecule has 1 aromatic heterocycles. The number of fused-ring (bicyclic) bond motifs is 1. The minimum atomic E-state index is 0. The zero-order chi connectivity index (χ0) is 20.1. The topological polar surface area (TPSA) is 62.0 Å². The van der Waals surface area contributed by atoms with E-state index in [2.05, 4.69) is 57.8 Å². The molecule has 4 rings (SSSR count). The van der Waals surface area contributed by atoms with Gasteiger partial charge in [0.05, 0.1) is 19.8 Å². The molecule has 160 valence electrons. The molecule has 7 heteroatoms. The van der Waals surface area contributed by atoms with E-state index in [1.807, 2.05) is 18.2 Å². The second-order valence-corrected chi connectivity index (χ2v) is 7.15. The van der Waals surface area contributed by atoms with Gasteiger partial charge in [0.1, 0.15) is 11.3 Å². The SMILES string of the molecule is CN=C(NCc1ccccc1N1CCOCC1)NCc1oc2ccccc2c1C.I. The number of hydrogen-bond acceptors (Lipinski definition) is 4. The van der Waals surface area contributed by atoms with E-state index < -0.39 is 0 Å². The number of para-hydroxylation sites is 2. The van der Waals surface area contributed by atoms with Crippen LogP contribution in [0.25, 0.3) is 11.0 Å². The molecule has 2 heterocycles. The Hall–Kier alpha value is -2.26. The molecule has 1 fully saturated rings. The predicted molar refractivity (Wildman–Crippen MR) is 133 cm³/mol. The van der Waals surface area contributed by atoms with Crippen molar-refractivity contribution in [3.63, 3.8) is 0 Å². The van der Waals surface area contributed by atoms with E-state index in [4.69, 9.17) is 9.15 Å². The van der Waals surface area contributed by atoms with Gasteiger partial charge in [0.25, 0.3) is 0 Å². The molecule has 0 amide bonds. The number of guanidine groups is 1. The summed E-state index contributed by atoms with van der Waals surface area (Å²) in [6.45, 7) is 6.80. The van der Waals surface area contributed by atoms with Crippen molar-refractivity contribution in [3.8, 4) is 0 Å². The van der Waals surface area contributed by atoms with Crippen molar-refractivity contribution in [2.75, 3.05) is 38.3 Å². The summed E-state index contributed by atoms with van der Waals surface area (Å²) in [6, 6.07) is 16.6. The molecular formula is C23H29IN4O2. The van der Waals surface area contributed by atoms with Gasteiger partial charge in [-0.05, 0) is 24.6 Å². The van der Waals surface area contributed by atoms with Gasteiger partial charge in [-0.1, -0.05) is 36.4 Å². The van der Waals surface area contributed by atoms with Gasteiger partial charge in [-0.2, -0.15) is 0 Å². The molecular weight excluding hydrogens is 491 g/mol. The smallest absolute Gasteiger partial charge is 0.191 e. The van der Waals surface area contributed by atoms with Gasteiger partial charge < -0.3 is 24.7 Å². The molecule has 0 unspecified atom stereocenters. The number of aliphatic imine (C=N–C) groups is 1. The van der Waals surface area contributed by atoms with Crippen LogP contribution in [0.3, 0.4) is 0 Å². The molecule has 0 radical (unpaired) electrons. The summed E-state index contributed by atoms with van der Waals surface area (Å²) in [5.74, 6) is 1.68. The maximum Gasteiger partial charge on any atom is 0.191 e. The predicted octanol–water partition coefficient (Wildman–Crippen LogP) is 4.06. The lowest BCUT2D eigenvalue weighted by molar-refractivity contribution is 0.122. The van der Waals surface area contributed by atoms with Crippen molar-refractivity contribution in [2.24, 2.45) is 4.99 Å². The number of benzene rings is 2. The highest BCUT2D eigenvalue weighted by Crippen LogP contribution is 2.25. The summed E-state index contributed by atoms with van der Waals surface area (Å²) in [6.07, 6.45) is 0. The Balaban J connectivity index is 0.00000256. The van der Waals surface area contributed by atoms with Gasteiger partial charge in [-0.15, -0.1) is 24.0 Å². The number of halogens is 1. The van der Waals surface area contributed by atoms with Gasteiger partial charge in [0.2, 0.25) is 0 Å². The van der Waals surface area contributed by atoms with Crippen LogP contribution in [0.4, 0.5) is 5.69 Å². The summed E-state index contributed by atoms with van der Waals surface area (Å²) in [7, 11) is 1.79. The molecule has 2 aromatic carbocycles. The minimum Gasteiger partial charge on any atom is -0.459 e. The molecule has 0 spiro atoms. The summed E-state index contributed by atoms with van der Waals surface area (Å²) in [4.78, 5) is 6.75. The van der Waals surface area contributed by atoms with E-state index in [1.54, 1.807) is 7.05 Å². The molecule has 30 heavy (non-hydrogen) atoms. The third kappa shape index (κ3) is 5.07. The van der Waals surface area contributed by atoms with Crippen LogP contribution in [0.1, 0.15) is 16.9 Å². The van der Waals surface area contributed by atoms with E-state index in [9.17, 15) is 0 Å². The number of rotatable bonds is 5. The standard InChI is InChI=1S/C23H28N4O2.HI/c1-17-19-8-4-6-10-21(19)29-22(17)16-26-23(24-2)25-15-18-7-3-5-9-20(18)27-11-13-28-14-12-27;/h3-10H,11-16H2,1-2H3,(H2,24,25,26);1H. The number of nitrogens with one attached hydrogen (secondary N) is 2. The lowest BCUT2D eigenvalue weighted by Crippen LogP contribution is -2.39. The molecule has 1 saturated heterocycles. The Kier molecular flexibility index (Phi) is 7.98. The Labute approximate surface area is 194 Å². The third-order valence-corrected chi connectivity index (χ3v) is 5.37. The first-order valence-electron chi connectivity index (χ1n) is 10.1. The van der Waals surface area contributed by atoms with Gasteiger partial charge in [-0.25, -0.2) is 0 Å². The molecule has 0 saturated carbocycles. The molecule has 1 aliphatic heterocycles. The van der Waals surface area contributed by atoms with Crippen molar-refractivity contribution in [3.05, 3.63) is 65.4 Å². The highest BCUT2D eigenvalue weighted by atomic mass is 127. The number of aryl methyl sites for hydroxylation is 1. The van der Waals surface area contributed by atoms with Crippen LogP contribution >= 0.6 is 24.0 Å². The molecule has 6 nitrogen and oxygen atoms in total. The normalized spacial score (nSPS) is 14.5. The van der Waals surface area contributed by atoms with Crippen LogP contribution in [0.2, 0.25) is 0 Å². The highest BCUT2D eigenvalue weighted by Gasteiger charge is 2.15. The van der Waals surface area contributed by atoms with Crippen LogP contribution in [0.15, 0.2) is 57.9 Å². The maximum absolute atomic E-state index is 5.99. The van der Waals surface area contributed by atoms with Crippen molar-refractivity contribution in [2.45, 2.75) is 20.0 Å². The van der Waals surface area contributed by atoms with E-state index in [0.717, 1.165) is 49.0 Å². The van der Waals surface area contributed by atoms with E-state index in [-0.39, 0.29) is 24.0 Å². The van der Waals surface area contributed by atoms with Crippen LogP contribution in [0, 0.1) is 6.92 Å². The third-order valence-electron chi connectivity index (χ3n) is 5.37. The zero-order valence-electron chi connectivity index (χ0n) is 17.5. The number of furan rings is 1. The number of anilines is 1. The Morgan fingerprint density at radius 2 is 1.70 bits per heavy atom. The Bertz CT molecular complexity index is 996. The highest BCUT2D eigenvalue weighted by molar-refractivity contribution is 14.0. The average molecular weight is 520 g/mol. The molecule has 2 N–H and O–H groups in total. The van der Waals surface area contributed by atoms with Crippen molar-refractivity contribution < 1.29 is 9.15 Å². The largest absolute Gasteiger partial charge is 0.459 e. The molecule has 0 atom stereocenters. The van der Waals surface area contributed by atoms with Crippen molar-refractivity contribution in [1.82, 2.24) is 10.6 Å². The first-order valence-corrected chi connectivity index (χ1v) is 10.1. The van der Waals surface area contributed by atoms with Crippen LogP contribution in [-0.2, 0) is 17.8 Å². The van der Waals surface area contributed by atoms with Gasteiger partial charge in [-0.3, -0.25) is 4.99 Å². The fraction of sp³-hybridized carbons (Fsp3) is 0.348. The quantitative estimate of drug-likeness (QED) is 0.302. The minimum absolute atomic E-state index is 0. The van der Waals surface area contributed by atoms with Crippen LogP contribution < -0.4 is 15.5 Å². The second-order valence-electron chi connectivity index (χ2n) is 7.15. The van der Waals surface area contributed by atoms with Gasteiger partial charge >= 0.3 is 0 Å². The number of hydrogen-bond donors (Lipinski definition) is 2. The fourth-order valence-corrected chi connectivity index (χ4v) is 3.73. The number of morpholine rings is 1. The summed E-state index contributed by atoms with van der Waals surface area (Å²) in [5.41, 5.74) is 4.59. The fourth-order valence-electron chi connectivity index (χ4n) is 3.73. The molecule has 0 aliphatic carbocycles. The summed E-state index contributed by atoms with van der Waals surface area (Å²) >= 11 is 0. The molecule has 3 aromatic rings. The Morgan fingerprint density at radius 3 is 2.47 bits per heavy atom.